The van der Waals surface area contributed by atoms with Gasteiger partial charge in [-0.3, -0.25) is 4.79 Å². The van der Waals surface area contributed by atoms with Crippen molar-refractivity contribution in [3.05, 3.63) is 65.7 Å². The van der Waals surface area contributed by atoms with Crippen molar-refractivity contribution in [1.82, 2.24) is 4.90 Å². The molecule has 190 valence electrons. The molecule has 7 heteroatoms. The number of Topliss-reactive ketones (excluding diaryl/α,β-unsaturated/α-hetero) is 1. The third kappa shape index (κ3) is 4.83. The van der Waals surface area contributed by atoms with E-state index in [-0.39, 0.29) is 36.5 Å². The molecule has 0 saturated carbocycles. The van der Waals surface area contributed by atoms with Crippen LogP contribution in [0.2, 0.25) is 0 Å². The predicted molar refractivity (Wildman–Crippen MR) is 139 cm³/mol. The maximum Gasteiger partial charge on any atom is 0.494 e. The molecule has 36 heavy (non-hydrogen) atoms. The fourth-order valence-corrected chi connectivity index (χ4v) is 5.71. The minimum atomic E-state index is -0.441. The molecule has 0 N–H and O–H groups in total. The van der Waals surface area contributed by atoms with Crippen LogP contribution < -0.4 is 5.46 Å². The van der Waals surface area contributed by atoms with E-state index >= 15 is 0 Å². The quantitative estimate of drug-likeness (QED) is 0.430. The lowest BCUT2D eigenvalue weighted by atomic mass is 9.75. The van der Waals surface area contributed by atoms with Crippen LogP contribution in [0.1, 0.15) is 75.7 Å². The first kappa shape index (κ1) is 25.0. The van der Waals surface area contributed by atoms with Crippen LogP contribution in [0.25, 0.3) is 0 Å². The van der Waals surface area contributed by atoms with Crippen LogP contribution in [-0.2, 0) is 20.7 Å². The van der Waals surface area contributed by atoms with Gasteiger partial charge in [0.1, 0.15) is 6.61 Å². The van der Waals surface area contributed by atoms with Gasteiger partial charge in [-0.15, -0.1) is 0 Å². The molecule has 3 aliphatic heterocycles. The standard InChI is InChI=1S/C29H36BNO5/c1-28(2)29(3,4)36-30(35-28)23-15-13-21(14-16-23)26(32)22-17-24-11-8-12-25(18-22)31(24)27(33)34-19-20-9-6-5-7-10-20/h5-7,9-10,13-16,22,24-25H,8,11-12,17-19H2,1-4H3. The lowest BCUT2D eigenvalue weighted by molar-refractivity contribution is 0.00473. The van der Waals surface area contributed by atoms with Crippen LogP contribution in [0.3, 0.4) is 0 Å². The normalized spacial score (nSPS) is 26.5. The van der Waals surface area contributed by atoms with E-state index in [0.717, 1.165) is 30.3 Å². The van der Waals surface area contributed by atoms with E-state index in [0.29, 0.717) is 18.4 Å². The molecule has 2 bridgehead atoms. The molecule has 3 saturated heterocycles. The zero-order chi connectivity index (χ0) is 25.5. The largest absolute Gasteiger partial charge is 0.494 e. The van der Waals surface area contributed by atoms with Crippen LogP contribution in [-0.4, -0.2) is 47.2 Å². The molecule has 6 nitrogen and oxygen atoms in total. The molecule has 2 aromatic carbocycles. The number of ketones is 1. The maximum absolute atomic E-state index is 13.5. The SMILES string of the molecule is CC1(C)OB(c2ccc(C(=O)C3CC4CCCC(C3)N4C(=O)OCc3ccccc3)cc2)OC1(C)C. The number of carbonyl (C=O) groups is 2. The molecule has 2 unspecified atom stereocenters. The van der Waals surface area contributed by atoms with Crippen LogP contribution in [0.5, 0.6) is 0 Å². The van der Waals surface area contributed by atoms with Gasteiger partial charge in [-0.25, -0.2) is 4.79 Å². The second-order valence-electron chi connectivity index (χ2n) is 11.4. The molecule has 3 aliphatic rings. The van der Waals surface area contributed by atoms with Crippen molar-refractivity contribution < 1.29 is 23.6 Å². The number of ether oxygens (including phenoxy) is 1. The minimum absolute atomic E-state index is 0.0544. The molecule has 3 fully saturated rings. The van der Waals surface area contributed by atoms with E-state index in [1.165, 1.54) is 0 Å². The second kappa shape index (κ2) is 9.68. The Morgan fingerprint density at radius 1 is 0.917 bits per heavy atom. The van der Waals surface area contributed by atoms with Crippen molar-refractivity contribution in [2.75, 3.05) is 0 Å². The number of hydrogen-bond acceptors (Lipinski definition) is 5. The van der Waals surface area contributed by atoms with Gasteiger partial charge in [-0.2, -0.15) is 0 Å². The number of benzene rings is 2. The molecule has 1 amide bonds. The van der Waals surface area contributed by atoms with E-state index in [1.54, 1.807) is 0 Å². The van der Waals surface area contributed by atoms with Crippen LogP contribution >= 0.6 is 0 Å². The summed E-state index contributed by atoms with van der Waals surface area (Å²) in [5.41, 5.74) is 1.79. The summed E-state index contributed by atoms with van der Waals surface area (Å²) < 4.78 is 17.9. The summed E-state index contributed by atoms with van der Waals surface area (Å²) in [4.78, 5) is 28.4. The third-order valence-electron chi connectivity index (χ3n) is 8.48. The number of rotatable bonds is 5. The predicted octanol–water partition coefficient (Wildman–Crippen LogP) is 5.14. The monoisotopic (exact) mass is 489 g/mol. The molecule has 5 rings (SSSR count). The van der Waals surface area contributed by atoms with Crippen molar-refractivity contribution in [2.45, 2.75) is 89.7 Å². The number of carbonyl (C=O) groups excluding carboxylic acids is 2. The lowest BCUT2D eigenvalue weighted by Crippen LogP contribution is -2.55. The summed E-state index contributed by atoms with van der Waals surface area (Å²) in [6, 6.07) is 17.5. The fourth-order valence-electron chi connectivity index (χ4n) is 5.71. The summed E-state index contributed by atoms with van der Waals surface area (Å²) in [5.74, 6) is 0.0749. The highest BCUT2D eigenvalue weighted by Gasteiger charge is 2.51. The number of fused-ring (bicyclic) bond motifs is 2. The topological polar surface area (TPSA) is 65.1 Å². The van der Waals surface area contributed by atoms with E-state index in [9.17, 15) is 9.59 Å². The molecule has 2 atom stereocenters. The van der Waals surface area contributed by atoms with Crippen molar-refractivity contribution >= 4 is 24.5 Å². The molecule has 0 aromatic heterocycles. The molecule has 2 aromatic rings. The van der Waals surface area contributed by atoms with Gasteiger partial charge in [0.15, 0.2) is 5.78 Å². The number of amides is 1. The minimum Gasteiger partial charge on any atom is -0.445 e. The van der Waals surface area contributed by atoms with Gasteiger partial charge in [0.2, 0.25) is 0 Å². The summed E-state index contributed by atoms with van der Waals surface area (Å²) in [5, 5.41) is 0. The van der Waals surface area contributed by atoms with Crippen molar-refractivity contribution in [1.29, 1.82) is 0 Å². The zero-order valence-electron chi connectivity index (χ0n) is 21.7. The van der Waals surface area contributed by atoms with Crippen molar-refractivity contribution in [3.8, 4) is 0 Å². The van der Waals surface area contributed by atoms with Crippen LogP contribution in [0.15, 0.2) is 54.6 Å². The highest BCUT2D eigenvalue weighted by molar-refractivity contribution is 6.62. The Labute approximate surface area is 214 Å². The van der Waals surface area contributed by atoms with Crippen LogP contribution in [0, 0.1) is 5.92 Å². The second-order valence-corrected chi connectivity index (χ2v) is 11.4. The Bertz CT molecular complexity index is 1070. The van der Waals surface area contributed by atoms with Gasteiger partial charge in [-0.05, 0) is 70.8 Å². The first-order valence-corrected chi connectivity index (χ1v) is 13.1. The van der Waals surface area contributed by atoms with Gasteiger partial charge in [-0.1, -0.05) is 54.6 Å². The Kier molecular flexibility index (Phi) is 6.73. The Morgan fingerprint density at radius 3 is 2.08 bits per heavy atom. The zero-order valence-corrected chi connectivity index (χ0v) is 21.7. The first-order valence-electron chi connectivity index (χ1n) is 13.1. The average molecular weight is 489 g/mol. The molecule has 0 radical (unpaired) electrons. The van der Waals surface area contributed by atoms with E-state index in [4.69, 9.17) is 14.0 Å². The van der Waals surface area contributed by atoms with Gasteiger partial charge in [0.25, 0.3) is 0 Å². The van der Waals surface area contributed by atoms with Crippen molar-refractivity contribution in [3.63, 3.8) is 0 Å². The molecular formula is C29H36BNO5. The number of hydrogen-bond donors (Lipinski definition) is 0. The molecule has 0 spiro atoms. The maximum atomic E-state index is 13.5. The lowest BCUT2D eigenvalue weighted by Gasteiger charge is -2.47. The van der Waals surface area contributed by atoms with E-state index < -0.39 is 18.3 Å². The van der Waals surface area contributed by atoms with Gasteiger partial charge in [0, 0.05) is 23.6 Å². The third-order valence-corrected chi connectivity index (χ3v) is 8.48. The Hall–Kier alpha value is -2.64. The smallest absolute Gasteiger partial charge is 0.445 e. The van der Waals surface area contributed by atoms with Gasteiger partial charge < -0.3 is 18.9 Å². The Morgan fingerprint density at radius 2 is 1.50 bits per heavy atom. The highest BCUT2D eigenvalue weighted by atomic mass is 16.7. The van der Waals surface area contributed by atoms with Gasteiger partial charge >= 0.3 is 13.2 Å². The number of piperidine rings is 2. The van der Waals surface area contributed by atoms with E-state index in [1.807, 2.05) is 87.2 Å². The number of nitrogens with zero attached hydrogens (tertiary/aromatic N) is 1. The molecule has 0 aliphatic carbocycles. The highest BCUT2D eigenvalue weighted by Crippen LogP contribution is 2.39. The summed E-state index contributed by atoms with van der Waals surface area (Å²) in [6.45, 7) is 8.40. The molecular weight excluding hydrogens is 453 g/mol. The Balaban J connectivity index is 1.22. The average Bonchev–Trinajstić information content (AvgIpc) is 3.08. The summed E-state index contributed by atoms with van der Waals surface area (Å²) in [6.07, 6.45) is 4.04. The van der Waals surface area contributed by atoms with E-state index in [2.05, 4.69) is 0 Å². The summed E-state index contributed by atoms with van der Waals surface area (Å²) in [7, 11) is -0.441. The molecule has 3 heterocycles. The van der Waals surface area contributed by atoms with Crippen molar-refractivity contribution in [2.24, 2.45) is 5.92 Å². The summed E-state index contributed by atoms with van der Waals surface area (Å²) >= 11 is 0. The first-order chi connectivity index (χ1) is 17.1. The fraction of sp³-hybridized carbons (Fsp3) is 0.517. The van der Waals surface area contributed by atoms with Crippen LogP contribution in [0.4, 0.5) is 4.79 Å². The van der Waals surface area contributed by atoms with Gasteiger partial charge in [0.05, 0.1) is 11.2 Å².